The molecule has 0 bridgehead atoms. The van der Waals surface area contributed by atoms with Crippen LogP contribution < -0.4 is 10.6 Å². The third kappa shape index (κ3) is 4.83. The van der Waals surface area contributed by atoms with Crippen molar-refractivity contribution in [2.45, 2.75) is 45.3 Å². The summed E-state index contributed by atoms with van der Waals surface area (Å²) in [7, 11) is 0. The summed E-state index contributed by atoms with van der Waals surface area (Å²) in [5.74, 6) is 0.174. The van der Waals surface area contributed by atoms with Crippen LogP contribution in [0, 0.1) is 0 Å². The predicted molar refractivity (Wildman–Crippen MR) is 86.0 cm³/mol. The third-order valence-electron chi connectivity index (χ3n) is 4.03. The van der Waals surface area contributed by atoms with Crippen LogP contribution >= 0.6 is 0 Å². The third-order valence-corrected chi connectivity index (χ3v) is 4.03. The van der Waals surface area contributed by atoms with Crippen molar-refractivity contribution in [3.8, 4) is 0 Å². The van der Waals surface area contributed by atoms with E-state index in [0.717, 1.165) is 32.5 Å². The molecule has 116 valence electrons. The SMILES string of the molecule is CCN[C@H](C)CNC(=O)C1CCCN1Cc1ccccc1. The Labute approximate surface area is 127 Å². The molecule has 0 saturated carbocycles. The predicted octanol–water partition coefficient (Wildman–Crippen LogP) is 1.77. The maximum Gasteiger partial charge on any atom is 0.237 e. The van der Waals surface area contributed by atoms with Crippen molar-refractivity contribution in [2.75, 3.05) is 19.6 Å². The lowest BCUT2D eigenvalue weighted by Gasteiger charge is -2.24. The Morgan fingerprint density at radius 3 is 2.86 bits per heavy atom. The summed E-state index contributed by atoms with van der Waals surface area (Å²) in [6, 6.07) is 10.7. The van der Waals surface area contributed by atoms with Gasteiger partial charge in [0.1, 0.15) is 0 Å². The van der Waals surface area contributed by atoms with Gasteiger partial charge >= 0.3 is 0 Å². The number of likely N-dealkylation sites (tertiary alicyclic amines) is 1. The molecule has 2 atom stereocenters. The fraction of sp³-hybridized carbons (Fsp3) is 0.588. The van der Waals surface area contributed by atoms with Gasteiger partial charge in [-0.25, -0.2) is 0 Å². The van der Waals surface area contributed by atoms with Crippen molar-refractivity contribution in [3.63, 3.8) is 0 Å². The Hall–Kier alpha value is -1.39. The van der Waals surface area contributed by atoms with Crippen LogP contribution in [0.25, 0.3) is 0 Å². The van der Waals surface area contributed by atoms with E-state index in [2.05, 4.69) is 53.6 Å². The average molecular weight is 289 g/mol. The lowest BCUT2D eigenvalue weighted by Crippen LogP contribution is -2.46. The van der Waals surface area contributed by atoms with Gasteiger partial charge in [0.25, 0.3) is 0 Å². The highest BCUT2D eigenvalue weighted by Crippen LogP contribution is 2.20. The van der Waals surface area contributed by atoms with E-state index in [1.54, 1.807) is 0 Å². The van der Waals surface area contributed by atoms with Crippen LogP contribution in [0.15, 0.2) is 30.3 Å². The first-order chi connectivity index (χ1) is 10.2. The standard InChI is InChI=1S/C17H27N3O/c1-3-18-14(2)12-19-17(21)16-10-7-11-20(16)13-15-8-5-4-6-9-15/h4-6,8-9,14,16,18H,3,7,10-13H2,1-2H3,(H,19,21)/t14-,16?/m1/s1. The number of likely N-dealkylation sites (N-methyl/N-ethyl adjacent to an activating group) is 1. The van der Waals surface area contributed by atoms with Crippen LogP contribution in [-0.2, 0) is 11.3 Å². The molecule has 0 aliphatic carbocycles. The van der Waals surface area contributed by atoms with E-state index in [1.807, 2.05) is 6.07 Å². The molecule has 1 aliphatic heterocycles. The zero-order chi connectivity index (χ0) is 15.1. The normalized spacial score (nSPS) is 20.4. The van der Waals surface area contributed by atoms with E-state index >= 15 is 0 Å². The molecule has 4 nitrogen and oxygen atoms in total. The number of rotatable bonds is 7. The van der Waals surface area contributed by atoms with Crippen LogP contribution in [-0.4, -0.2) is 42.5 Å². The van der Waals surface area contributed by atoms with Crippen molar-refractivity contribution in [2.24, 2.45) is 0 Å². The zero-order valence-corrected chi connectivity index (χ0v) is 13.1. The molecule has 1 amide bonds. The van der Waals surface area contributed by atoms with Gasteiger partial charge in [0.05, 0.1) is 6.04 Å². The molecule has 1 aliphatic rings. The molecule has 1 aromatic rings. The maximum atomic E-state index is 12.4. The number of carbonyl (C=O) groups excluding carboxylic acids is 1. The van der Waals surface area contributed by atoms with Crippen molar-refractivity contribution in [3.05, 3.63) is 35.9 Å². The lowest BCUT2D eigenvalue weighted by atomic mass is 10.1. The molecule has 1 aromatic carbocycles. The van der Waals surface area contributed by atoms with Crippen LogP contribution in [0.2, 0.25) is 0 Å². The molecule has 2 N–H and O–H groups in total. The molecule has 4 heteroatoms. The van der Waals surface area contributed by atoms with Crippen LogP contribution in [0.1, 0.15) is 32.3 Å². The van der Waals surface area contributed by atoms with Gasteiger partial charge in [0, 0.05) is 19.1 Å². The first-order valence-electron chi connectivity index (χ1n) is 7.99. The number of nitrogens with zero attached hydrogens (tertiary/aromatic N) is 1. The van der Waals surface area contributed by atoms with Gasteiger partial charge in [0.15, 0.2) is 0 Å². The van der Waals surface area contributed by atoms with Crippen molar-refractivity contribution < 1.29 is 4.79 Å². The lowest BCUT2D eigenvalue weighted by molar-refractivity contribution is -0.125. The number of carbonyl (C=O) groups is 1. The minimum absolute atomic E-state index is 0.0269. The maximum absolute atomic E-state index is 12.4. The first-order valence-corrected chi connectivity index (χ1v) is 7.99. The van der Waals surface area contributed by atoms with Crippen LogP contribution in [0.4, 0.5) is 0 Å². The van der Waals surface area contributed by atoms with E-state index in [9.17, 15) is 4.79 Å². The highest BCUT2D eigenvalue weighted by Gasteiger charge is 2.30. The average Bonchev–Trinajstić information content (AvgIpc) is 2.94. The number of hydrogen-bond acceptors (Lipinski definition) is 3. The van der Waals surface area contributed by atoms with Gasteiger partial charge in [0.2, 0.25) is 5.91 Å². The second-order valence-corrected chi connectivity index (χ2v) is 5.82. The number of benzene rings is 1. The van der Waals surface area contributed by atoms with Gasteiger partial charge in [-0.1, -0.05) is 37.3 Å². The molecule has 1 fully saturated rings. The molecule has 0 spiro atoms. The quantitative estimate of drug-likeness (QED) is 0.804. The molecular weight excluding hydrogens is 262 g/mol. The van der Waals surface area contributed by atoms with Gasteiger partial charge in [-0.05, 0) is 38.4 Å². The van der Waals surface area contributed by atoms with Crippen molar-refractivity contribution in [1.82, 2.24) is 15.5 Å². The number of nitrogens with one attached hydrogen (secondary N) is 2. The van der Waals surface area contributed by atoms with E-state index < -0.39 is 0 Å². The largest absolute Gasteiger partial charge is 0.353 e. The van der Waals surface area contributed by atoms with E-state index in [1.165, 1.54) is 5.56 Å². The summed E-state index contributed by atoms with van der Waals surface area (Å²) < 4.78 is 0. The highest BCUT2D eigenvalue weighted by molar-refractivity contribution is 5.82. The summed E-state index contributed by atoms with van der Waals surface area (Å²) in [5, 5.41) is 6.40. The number of amides is 1. The van der Waals surface area contributed by atoms with Gasteiger partial charge in [-0.3, -0.25) is 9.69 Å². The molecule has 1 saturated heterocycles. The second kappa shape index (κ2) is 8.15. The van der Waals surface area contributed by atoms with Crippen LogP contribution in [0.3, 0.4) is 0 Å². The summed E-state index contributed by atoms with van der Waals surface area (Å²) in [4.78, 5) is 14.7. The van der Waals surface area contributed by atoms with Gasteiger partial charge in [-0.2, -0.15) is 0 Å². The molecule has 21 heavy (non-hydrogen) atoms. The van der Waals surface area contributed by atoms with Gasteiger partial charge < -0.3 is 10.6 Å². The minimum atomic E-state index is 0.0269. The molecule has 1 heterocycles. The minimum Gasteiger partial charge on any atom is -0.353 e. The Bertz CT molecular complexity index is 435. The fourth-order valence-corrected chi connectivity index (χ4v) is 2.92. The smallest absolute Gasteiger partial charge is 0.237 e. The number of hydrogen-bond donors (Lipinski definition) is 2. The molecule has 0 radical (unpaired) electrons. The molecular formula is C17H27N3O. The highest BCUT2D eigenvalue weighted by atomic mass is 16.2. The van der Waals surface area contributed by atoms with Crippen LogP contribution in [0.5, 0.6) is 0 Å². The van der Waals surface area contributed by atoms with E-state index in [0.29, 0.717) is 12.6 Å². The second-order valence-electron chi connectivity index (χ2n) is 5.82. The summed E-state index contributed by atoms with van der Waals surface area (Å²) in [6.07, 6.45) is 2.07. The van der Waals surface area contributed by atoms with E-state index in [-0.39, 0.29) is 11.9 Å². The van der Waals surface area contributed by atoms with Crippen molar-refractivity contribution in [1.29, 1.82) is 0 Å². The molecule has 0 aromatic heterocycles. The molecule has 1 unspecified atom stereocenters. The fourth-order valence-electron chi connectivity index (χ4n) is 2.92. The Morgan fingerprint density at radius 2 is 2.14 bits per heavy atom. The molecule has 2 rings (SSSR count). The summed E-state index contributed by atoms with van der Waals surface area (Å²) >= 11 is 0. The topological polar surface area (TPSA) is 44.4 Å². The summed E-state index contributed by atoms with van der Waals surface area (Å²) in [6.45, 7) is 7.68. The van der Waals surface area contributed by atoms with E-state index in [4.69, 9.17) is 0 Å². The summed E-state index contributed by atoms with van der Waals surface area (Å²) in [5.41, 5.74) is 1.28. The Kier molecular flexibility index (Phi) is 6.21. The Balaban J connectivity index is 1.84. The van der Waals surface area contributed by atoms with Gasteiger partial charge in [-0.15, -0.1) is 0 Å². The zero-order valence-electron chi connectivity index (χ0n) is 13.1. The van der Waals surface area contributed by atoms with Crippen molar-refractivity contribution >= 4 is 5.91 Å². The first kappa shape index (κ1) is 16.0. The Morgan fingerprint density at radius 1 is 1.38 bits per heavy atom. The monoisotopic (exact) mass is 289 g/mol.